The summed E-state index contributed by atoms with van der Waals surface area (Å²) in [6.45, 7) is 4.70. The van der Waals surface area contributed by atoms with Crippen molar-refractivity contribution in [3.8, 4) is 0 Å². The molecule has 0 radical (unpaired) electrons. The number of H-pyrrole nitrogens is 1. The molecule has 10 heteroatoms. The molecule has 0 bridgehead atoms. The van der Waals surface area contributed by atoms with Gasteiger partial charge in [-0.05, 0) is 31.4 Å². The van der Waals surface area contributed by atoms with Crippen molar-refractivity contribution in [2.75, 3.05) is 25.1 Å². The van der Waals surface area contributed by atoms with Crippen LogP contribution in [0.25, 0.3) is 0 Å². The molecule has 0 spiro atoms. The number of aryl methyl sites for hydroxylation is 2. The van der Waals surface area contributed by atoms with E-state index in [1.807, 2.05) is 11.8 Å². The summed E-state index contributed by atoms with van der Waals surface area (Å²) in [5, 5.41) is 12.6. The Morgan fingerprint density at radius 1 is 1.48 bits per heavy atom. The van der Waals surface area contributed by atoms with Gasteiger partial charge in [-0.3, -0.25) is 4.79 Å². The molecule has 2 unspecified atom stereocenters. The van der Waals surface area contributed by atoms with Crippen LogP contribution in [0.1, 0.15) is 45.6 Å². The molecule has 3 heterocycles. The van der Waals surface area contributed by atoms with Gasteiger partial charge < -0.3 is 25.0 Å². The lowest BCUT2D eigenvalue weighted by Crippen LogP contribution is -2.55. The number of aromatic carboxylic acids is 1. The fourth-order valence-corrected chi connectivity index (χ4v) is 3.68. The van der Waals surface area contributed by atoms with E-state index in [-0.39, 0.29) is 29.4 Å². The van der Waals surface area contributed by atoms with Crippen molar-refractivity contribution in [2.24, 2.45) is 0 Å². The third-order valence-electron chi connectivity index (χ3n) is 5.12. The van der Waals surface area contributed by atoms with Crippen LogP contribution in [0.4, 0.5) is 5.82 Å². The second-order valence-corrected chi connectivity index (χ2v) is 7.32. The van der Waals surface area contributed by atoms with Gasteiger partial charge in [0, 0.05) is 26.4 Å². The first-order valence-corrected chi connectivity index (χ1v) is 9.74. The van der Waals surface area contributed by atoms with E-state index < -0.39 is 5.97 Å². The Hall–Kier alpha value is -2.65. The van der Waals surface area contributed by atoms with Crippen molar-refractivity contribution in [1.82, 2.24) is 20.3 Å². The van der Waals surface area contributed by atoms with Crippen LogP contribution in [-0.2, 0) is 11.2 Å². The number of imidazole rings is 1. The van der Waals surface area contributed by atoms with Crippen LogP contribution >= 0.6 is 11.6 Å². The van der Waals surface area contributed by atoms with E-state index >= 15 is 0 Å². The van der Waals surface area contributed by atoms with Gasteiger partial charge in [0.05, 0.1) is 23.4 Å². The zero-order valence-electron chi connectivity index (χ0n) is 16.5. The predicted molar refractivity (Wildman–Crippen MR) is 108 cm³/mol. The van der Waals surface area contributed by atoms with Crippen LogP contribution in [-0.4, -0.2) is 64.3 Å². The Kier molecular flexibility index (Phi) is 6.39. The van der Waals surface area contributed by atoms with Gasteiger partial charge >= 0.3 is 5.97 Å². The number of aromatic amines is 1. The standard InChI is InChI=1S/C19H24ClN5O4/c1-4-12-16(20)24-17(22-12)18(26)23-13-5-6-25(9-14(13)29-3)15-7-11(19(27)28)10(2)8-21-15/h7-8,13-14H,4-6,9H2,1-3H3,(H,22,24)(H,23,26)(H,27,28). The number of pyridine rings is 1. The molecule has 3 rings (SSSR count). The van der Waals surface area contributed by atoms with Gasteiger partial charge in [0.15, 0.2) is 11.0 Å². The van der Waals surface area contributed by atoms with Crippen LogP contribution in [0.5, 0.6) is 0 Å². The number of piperidine rings is 1. The molecule has 0 saturated carbocycles. The highest BCUT2D eigenvalue weighted by atomic mass is 35.5. The fourth-order valence-electron chi connectivity index (χ4n) is 3.41. The zero-order chi connectivity index (χ0) is 21.1. The van der Waals surface area contributed by atoms with Gasteiger partial charge in [0.25, 0.3) is 5.91 Å². The number of amides is 1. The Labute approximate surface area is 173 Å². The third-order valence-corrected chi connectivity index (χ3v) is 5.43. The Bertz CT molecular complexity index is 916. The van der Waals surface area contributed by atoms with Crippen LogP contribution in [0.2, 0.25) is 5.15 Å². The first-order valence-electron chi connectivity index (χ1n) is 9.37. The van der Waals surface area contributed by atoms with Gasteiger partial charge in [0.2, 0.25) is 0 Å². The molecule has 1 saturated heterocycles. The SMILES string of the molecule is CCc1[nH]c(C(=O)NC2CCN(c3cc(C(=O)O)c(C)cn3)CC2OC)nc1Cl. The number of carbonyl (C=O) groups excluding carboxylic acids is 1. The summed E-state index contributed by atoms with van der Waals surface area (Å²) in [4.78, 5) is 37.3. The summed E-state index contributed by atoms with van der Waals surface area (Å²) in [6, 6.07) is 1.35. The number of methoxy groups -OCH3 is 1. The second-order valence-electron chi connectivity index (χ2n) is 6.96. The highest BCUT2D eigenvalue weighted by Gasteiger charge is 2.32. The highest BCUT2D eigenvalue weighted by Crippen LogP contribution is 2.22. The van der Waals surface area contributed by atoms with Crippen molar-refractivity contribution in [2.45, 2.75) is 38.8 Å². The molecule has 3 N–H and O–H groups in total. The number of carbonyl (C=O) groups is 2. The molecule has 1 aliphatic heterocycles. The summed E-state index contributed by atoms with van der Waals surface area (Å²) in [7, 11) is 1.58. The number of hydrogen-bond donors (Lipinski definition) is 3. The summed E-state index contributed by atoms with van der Waals surface area (Å²) in [5.41, 5.74) is 1.55. The number of ether oxygens (including phenoxy) is 1. The molecule has 9 nitrogen and oxygen atoms in total. The van der Waals surface area contributed by atoms with Crippen molar-refractivity contribution in [1.29, 1.82) is 0 Å². The summed E-state index contributed by atoms with van der Waals surface area (Å²) < 4.78 is 5.59. The molecular weight excluding hydrogens is 398 g/mol. The summed E-state index contributed by atoms with van der Waals surface area (Å²) in [5.74, 6) is -0.575. The van der Waals surface area contributed by atoms with Crippen LogP contribution in [0, 0.1) is 6.92 Å². The van der Waals surface area contributed by atoms with Crippen molar-refractivity contribution >= 4 is 29.3 Å². The Morgan fingerprint density at radius 3 is 2.86 bits per heavy atom. The van der Waals surface area contributed by atoms with Crippen LogP contribution < -0.4 is 10.2 Å². The number of anilines is 1. The monoisotopic (exact) mass is 421 g/mol. The molecule has 1 fully saturated rings. The maximum absolute atomic E-state index is 12.6. The van der Waals surface area contributed by atoms with Gasteiger partial charge in [-0.2, -0.15) is 0 Å². The first kappa shape index (κ1) is 21.1. The van der Waals surface area contributed by atoms with Crippen LogP contribution in [0.15, 0.2) is 12.3 Å². The minimum atomic E-state index is -0.986. The van der Waals surface area contributed by atoms with Crippen molar-refractivity contribution in [3.63, 3.8) is 0 Å². The van der Waals surface area contributed by atoms with Gasteiger partial charge in [-0.15, -0.1) is 0 Å². The van der Waals surface area contributed by atoms with E-state index in [0.29, 0.717) is 42.5 Å². The molecule has 0 aliphatic carbocycles. The number of nitrogens with zero attached hydrogens (tertiary/aromatic N) is 3. The van der Waals surface area contributed by atoms with E-state index in [1.54, 1.807) is 26.3 Å². The number of carboxylic acid groups (broad SMARTS) is 1. The fraction of sp³-hybridized carbons (Fsp3) is 0.474. The summed E-state index contributed by atoms with van der Waals surface area (Å²) in [6.07, 6.45) is 2.53. The van der Waals surface area contributed by atoms with E-state index in [2.05, 4.69) is 20.3 Å². The lowest BCUT2D eigenvalue weighted by Gasteiger charge is -2.38. The smallest absolute Gasteiger partial charge is 0.336 e. The quantitative estimate of drug-likeness (QED) is 0.652. The number of rotatable bonds is 6. The topological polar surface area (TPSA) is 120 Å². The Morgan fingerprint density at radius 2 is 2.24 bits per heavy atom. The maximum Gasteiger partial charge on any atom is 0.336 e. The number of nitrogens with one attached hydrogen (secondary N) is 2. The molecule has 2 atom stereocenters. The van der Waals surface area contributed by atoms with E-state index in [0.717, 1.165) is 5.69 Å². The average molecular weight is 422 g/mol. The second kappa shape index (κ2) is 8.79. The normalized spacial score (nSPS) is 19.2. The number of aromatic nitrogens is 3. The van der Waals surface area contributed by atoms with Gasteiger partial charge in [-0.25, -0.2) is 14.8 Å². The lowest BCUT2D eigenvalue weighted by molar-refractivity contribution is 0.0536. The molecule has 1 amide bonds. The van der Waals surface area contributed by atoms with Crippen molar-refractivity contribution < 1.29 is 19.4 Å². The minimum Gasteiger partial charge on any atom is -0.478 e. The molecule has 2 aromatic rings. The molecule has 1 aliphatic rings. The van der Waals surface area contributed by atoms with E-state index in [4.69, 9.17) is 16.3 Å². The number of carboxylic acids is 1. The van der Waals surface area contributed by atoms with E-state index in [1.165, 1.54) is 0 Å². The lowest BCUT2D eigenvalue weighted by atomic mass is 10.0. The zero-order valence-corrected chi connectivity index (χ0v) is 17.3. The third kappa shape index (κ3) is 4.51. The van der Waals surface area contributed by atoms with Gasteiger partial charge in [0.1, 0.15) is 5.82 Å². The minimum absolute atomic E-state index is 0.176. The molecule has 29 heavy (non-hydrogen) atoms. The van der Waals surface area contributed by atoms with Crippen LogP contribution in [0.3, 0.4) is 0 Å². The Balaban J connectivity index is 1.70. The molecule has 156 valence electrons. The first-order chi connectivity index (χ1) is 13.8. The predicted octanol–water partition coefficient (Wildman–Crippen LogP) is 2.05. The van der Waals surface area contributed by atoms with Crippen molar-refractivity contribution in [3.05, 3.63) is 40.1 Å². The highest BCUT2D eigenvalue weighted by molar-refractivity contribution is 6.30. The average Bonchev–Trinajstić information content (AvgIpc) is 3.09. The maximum atomic E-state index is 12.6. The van der Waals surface area contributed by atoms with Gasteiger partial charge in [-0.1, -0.05) is 18.5 Å². The molecule has 2 aromatic heterocycles. The van der Waals surface area contributed by atoms with E-state index in [9.17, 15) is 14.7 Å². The largest absolute Gasteiger partial charge is 0.478 e. The summed E-state index contributed by atoms with van der Waals surface area (Å²) >= 11 is 6.02. The molecule has 0 aromatic carbocycles. The molecular formula is C19H24ClN5O4. The number of halogens is 1. The number of hydrogen-bond acceptors (Lipinski definition) is 6.